The lowest BCUT2D eigenvalue weighted by Gasteiger charge is -2.57. The molecule has 1 aliphatic heterocycles. The van der Waals surface area contributed by atoms with Crippen molar-refractivity contribution < 1.29 is 19.6 Å². The van der Waals surface area contributed by atoms with E-state index in [1.165, 1.54) is 56.5 Å². The fourth-order valence-electron chi connectivity index (χ4n) is 7.19. The van der Waals surface area contributed by atoms with Crippen LogP contribution >= 0.6 is 0 Å². The Morgan fingerprint density at radius 3 is 2.11 bits per heavy atom. The number of benzene rings is 1. The van der Waals surface area contributed by atoms with E-state index in [0.29, 0.717) is 12.0 Å². The lowest BCUT2D eigenvalue weighted by molar-refractivity contribution is -1.00. The summed E-state index contributed by atoms with van der Waals surface area (Å²) in [7, 11) is 2.25. The van der Waals surface area contributed by atoms with Crippen molar-refractivity contribution in [1.29, 1.82) is 0 Å². The predicted octanol–water partition coefficient (Wildman–Crippen LogP) is 0.307. The van der Waals surface area contributed by atoms with E-state index >= 15 is 0 Å². The molecule has 5 aliphatic rings. The fourth-order valence-corrected chi connectivity index (χ4v) is 7.19. The summed E-state index contributed by atoms with van der Waals surface area (Å²) in [6.07, 6.45) is 8.34. The number of aliphatic hydroxyl groups excluding tert-OH is 1. The van der Waals surface area contributed by atoms with Crippen LogP contribution in [0.1, 0.15) is 44.1 Å². The van der Waals surface area contributed by atoms with Gasteiger partial charge in [0.2, 0.25) is 0 Å². The number of nitrogens with one attached hydrogen (secondary N) is 2. The molecule has 0 aromatic heterocycles. The zero-order valence-corrected chi connectivity index (χ0v) is 17.5. The van der Waals surface area contributed by atoms with Gasteiger partial charge in [0.1, 0.15) is 51.2 Å². The second kappa shape index (κ2) is 7.62. The number of quaternary nitrogens is 2. The van der Waals surface area contributed by atoms with Gasteiger partial charge in [-0.2, -0.15) is 0 Å². The molecule has 0 radical (unpaired) electrons. The highest BCUT2D eigenvalue weighted by molar-refractivity contribution is 5.34. The molecule has 4 saturated carbocycles. The first-order valence-corrected chi connectivity index (χ1v) is 11.6. The summed E-state index contributed by atoms with van der Waals surface area (Å²) < 4.78 is 5.94. The summed E-state index contributed by atoms with van der Waals surface area (Å²) in [4.78, 5) is 3.12. The van der Waals surface area contributed by atoms with Crippen molar-refractivity contribution in [3.05, 3.63) is 29.8 Å². The lowest BCUT2D eigenvalue weighted by atomic mass is 9.48. The minimum Gasteiger partial charge on any atom is -0.491 e. The van der Waals surface area contributed by atoms with Crippen LogP contribution in [0.4, 0.5) is 0 Å². The van der Waals surface area contributed by atoms with Crippen LogP contribution in [-0.4, -0.2) is 57.6 Å². The molecule has 1 atom stereocenters. The first-order valence-electron chi connectivity index (χ1n) is 11.6. The molecular formula is C24H38N2O2+2. The molecule has 154 valence electrons. The Morgan fingerprint density at radius 1 is 0.964 bits per heavy atom. The summed E-state index contributed by atoms with van der Waals surface area (Å²) >= 11 is 0. The van der Waals surface area contributed by atoms with Crippen LogP contribution in [0.3, 0.4) is 0 Å². The number of rotatable bonds is 6. The normalized spacial score (nSPS) is 40.4. The number of aliphatic hydroxyl groups is 1. The summed E-state index contributed by atoms with van der Waals surface area (Å²) in [5.74, 6) is 3.85. The highest BCUT2D eigenvalue weighted by Crippen LogP contribution is 2.60. The molecule has 6 rings (SSSR count). The predicted molar refractivity (Wildman–Crippen MR) is 110 cm³/mol. The fraction of sp³-hybridized carbons (Fsp3) is 0.750. The molecule has 4 aliphatic carbocycles. The third kappa shape index (κ3) is 3.83. The Bertz CT molecular complexity index is 630. The van der Waals surface area contributed by atoms with Crippen molar-refractivity contribution in [2.75, 3.05) is 46.4 Å². The van der Waals surface area contributed by atoms with Crippen molar-refractivity contribution in [3.8, 4) is 5.75 Å². The quantitative estimate of drug-likeness (QED) is 0.658. The molecule has 0 spiro atoms. The van der Waals surface area contributed by atoms with Gasteiger partial charge in [-0.05, 0) is 79.4 Å². The molecule has 0 amide bonds. The third-order valence-corrected chi connectivity index (χ3v) is 8.28. The molecule has 0 unspecified atom stereocenters. The van der Waals surface area contributed by atoms with Crippen LogP contribution in [0, 0.1) is 17.8 Å². The van der Waals surface area contributed by atoms with Gasteiger partial charge in [-0.1, -0.05) is 12.1 Å². The van der Waals surface area contributed by atoms with E-state index in [1.54, 1.807) is 10.5 Å². The van der Waals surface area contributed by atoms with Crippen molar-refractivity contribution in [2.24, 2.45) is 17.8 Å². The van der Waals surface area contributed by atoms with Gasteiger partial charge in [0.05, 0.1) is 7.05 Å². The second-order valence-electron chi connectivity index (χ2n) is 10.6. The Labute approximate surface area is 169 Å². The molecule has 5 fully saturated rings. The molecule has 4 heteroatoms. The summed E-state index contributed by atoms with van der Waals surface area (Å²) in [5.41, 5.74) is 2.00. The van der Waals surface area contributed by atoms with Crippen molar-refractivity contribution in [1.82, 2.24) is 0 Å². The molecule has 28 heavy (non-hydrogen) atoms. The Balaban J connectivity index is 1.15. The molecule has 4 bridgehead atoms. The third-order valence-electron chi connectivity index (χ3n) is 8.28. The SMILES string of the molecule is C[NH+]1CC[NH+](C[C@H](O)COc2ccc(C34CC5CC(CC(C5)C3)C4)cc2)CC1. The molecule has 1 saturated heterocycles. The second-order valence-corrected chi connectivity index (χ2v) is 10.6. The largest absolute Gasteiger partial charge is 0.491 e. The number of hydrogen-bond acceptors (Lipinski definition) is 2. The average Bonchev–Trinajstić information content (AvgIpc) is 2.68. The van der Waals surface area contributed by atoms with Crippen LogP contribution in [0.15, 0.2) is 24.3 Å². The van der Waals surface area contributed by atoms with Crippen molar-refractivity contribution in [2.45, 2.75) is 50.0 Å². The van der Waals surface area contributed by atoms with Gasteiger partial charge in [-0.25, -0.2) is 0 Å². The summed E-state index contributed by atoms with van der Waals surface area (Å²) in [5, 5.41) is 10.4. The van der Waals surface area contributed by atoms with Gasteiger partial charge < -0.3 is 19.6 Å². The molecule has 1 aromatic carbocycles. The maximum Gasteiger partial charge on any atom is 0.137 e. The lowest BCUT2D eigenvalue weighted by Crippen LogP contribution is -3.27. The van der Waals surface area contributed by atoms with E-state index in [4.69, 9.17) is 4.74 Å². The maximum atomic E-state index is 10.4. The van der Waals surface area contributed by atoms with Crippen LogP contribution < -0.4 is 14.5 Å². The van der Waals surface area contributed by atoms with Gasteiger partial charge in [0, 0.05) is 0 Å². The molecule has 4 nitrogen and oxygen atoms in total. The smallest absolute Gasteiger partial charge is 0.137 e. The number of likely N-dealkylation sites (N-methyl/N-ethyl adjacent to an activating group) is 1. The Morgan fingerprint density at radius 2 is 1.54 bits per heavy atom. The van der Waals surface area contributed by atoms with Crippen molar-refractivity contribution in [3.63, 3.8) is 0 Å². The van der Waals surface area contributed by atoms with Gasteiger partial charge >= 0.3 is 0 Å². The van der Waals surface area contributed by atoms with Crippen molar-refractivity contribution >= 4 is 0 Å². The van der Waals surface area contributed by atoms with Gasteiger partial charge in [-0.15, -0.1) is 0 Å². The Kier molecular flexibility index (Phi) is 5.14. The van der Waals surface area contributed by atoms with E-state index in [9.17, 15) is 5.11 Å². The van der Waals surface area contributed by atoms with E-state index in [-0.39, 0.29) is 6.10 Å². The monoisotopic (exact) mass is 386 g/mol. The minimum absolute atomic E-state index is 0.378. The molecule has 1 heterocycles. The van der Waals surface area contributed by atoms with Crippen LogP contribution in [0.25, 0.3) is 0 Å². The Hall–Kier alpha value is -1.10. The molecule has 1 aromatic rings. The van der Waals surface area contributed by atoms with Crippen LogP contribution in [0.2, 0.25) is 0 Å². The topological polar surface area (TPSA) is 38.3 Å². The average molecular weight is 387 g/mol. The van der Waals surface area contributed by atoms with E-state index in [1.807, 2.05) is 0 Å². The van der Waals surface area contributed by atoms with Gasteiger partial charge in [-0.3, -0.25) is 0 Å². The number of hydrogen-bond donors (Lipinski definition) is 3. The van der Waals surface area contributed by atoms with E-state index in [0.717, 1.165) is 43.1 Å². The first kappa shape index (κ1) is 18.9. The first-order chi connectivity index (χ1) is 13.6. The zero-order chi connectivity index (χ0) is 19.1. The van der Waals surface area contributed by atoms with Crippen LogP contribution in [0.5, 0.6) is 5.75 Å². The molecule has 3 N–H and O–H groups in total. The zero-order valence-electron chi connectivity index (χ0n) is 17.5. The standard InChI is InChI=1S/C24H36N2O2/c1-25-6-8-26(9-7-25)16-22(27)17-28-23-4-2-21(3-5-23)24-13-18-10-19(14-24)12-20(11-18)15-24/h2-5,18-20,22,27H,6-17H2,1H3/p+2/t18?,19?,20?,22-,24?/m0/s1. The summed E-state index contributed by atoms with van der Waals surface area (Å²) in [6, 6.07) is 8.94. The van der Waals surface area contributed by atoms with Gasteiger partial charge in [0.15, 0.2) is 0 Å². The van der Waals surface area contributed by atoms with Gasteiger partial charge in [0.25, 0.3) is 0 Å². The van der Waals surface area contributed by atoms with E-state index < -0.39 is 0 Å². The highest BCUT2D eigenvalue weighted by Gasteiger charge is 2.51. The van der Waals surface area contributed by atoms with E-state index in [2.05, 4.69) is 31.3 Å². The molecular weight excluding hydrogens is 348 g/mol. The maximum absolute atomic E-state index is 10.4. The highest BCUT2D eigenvalue weighted by atomic mass is 16.5. The van der Waals surface area contributed by atoms with Crippen LogP contribution in [-0.2, 0) is 5.41 Å². The minimum atomic E-state index is -0.378. The number of ether oxygens (including phenoxy) is 1. The summed E-state index contributed by atoms with van der Waals surface area (Å²) in [6.45, 7) is 5.93. The number of piperazine rings is 1.